The van der Waals surface area contributed by atoms with Gasteiger partial charge >= 0.3 is 6.03 Å². The zero-order valence-electron chi connectivity index (χ0n) is 10.5. The van der Waals surface area contributed by atoms with E-state index in [0.29, 0.717) is 17.0 Å². The zero-order valence-corrected chi connectivity index (χ0v) is 11.3. The molecule has 1 aliphatic heterocycles. The van der Waals surface area contributed by atoms with Gasteiger partial charge in [0, 0.05) is 12.5 Å². The number of likely N-dealkylation sites (tertiary alicyclic amines) is 1. The summed E-state index contributed by atoms with van der Waals surface area (Å²) in [6.07, 6.45) is 3.77. The van der Waals surface area contributed by atoms with E-state index in [1.54, 1.807) is 4.90 Å². The zero-order chi connectivity index (χ0) is 13.0. The number of amides is 2. The van der Waals surface area contributed by atoms with Crippen LogP contribution in [0.15, 0.2) is 0 Å². The van der Waals surface area contributed by atoms with Crippen molar-refractivity contribution < 1.29 is 9.90 Å². The molecule has 3 atom stereocenters. The minimum absolute atomic E-state index is 0.0131. The molecule has 3 aliphatic rings. The maximum atomic E-state index is 12.2. The highest BCUT2D eigenvalue weighted by Gasteiger charge is 2.46. The molecule has 2 N–H and O–H groups in total. The summed E-state index contributed by atoms with van der Waals surface area (Å²) in [6, 6.07) is -0.162. The summed E-state index contributed by atoms with van der Waals surface area (Å²) < 4.78 is 0. The van der Waals surface area contributed by atoms with E-state index >= 15 is 0 Å². The lowest BCUT2D eigenvalue weighted by molar-refractivity contribution is 0.0766. The van der Waals surface area contributed by atoms with Gasteiger partial charge in [-0.25, -0.2) is 4.79 Å². The molecule has 2 heterocycles. The van der Waals surface area contributed by atoms with Crippen molar-refractivity contribution in [2.75, 3.05) is 11.9 Å². The summed E-state index contributed by atoms with van der Waals surface area (Å²) >= 11 is 1.47. The number of urea groups is 1. The van der Waals surface area contributed by atoms with E-state index in [4.69, 9.17) is 0 Å². The molecule has 6 nitrogen and oxygen atoms in total. The molecule has 102 valence electrons. The Morgan fingerprint density at radius 3 is 2.89 bits per heavy atom. The van der Waals surface area contributed by atoms with Crippen LogP contribution < -0.4 is 5.32 Å². The maximum Gasteiger partial charge on any atom is 0.324 e. The average molecular weight is 280 g/mol. The van der Waals surface area contributed by atoms with Crippen LogP contribution in [0.25, 0.3) is 0 Å². The smallest absolute Gasteiger partial charge is 0.324 e. The molecule has 19 heavy (non-hydrogen) atoms. The van der Waals surface area contributed by atoms with Gasteiger partial charge in [0.25, 0.3) is 0 Å². The first-order valence-corrected chi connectivity index (χ1v) is 7.61. The summed E-state index contributed by atoms with van der Waals surface area (Å²) in [4.78, 5) is 13.9. The Morgan fingerprint density at radius 2 is 2.21 bits per heavy atom. The van der Waals surface area contributed by atoms with Gasteiger partial charge in [-0.2, -0.15) is 0 Å². The lowest BCUT2D eigenvalue weighted by atomic mass is 10.1. The molecule has 4 rings (SSSR count). The van der Waals surface area contributed by atoms with Crippen molar-refractivity contribution in [2.24, 2.45) is 5.92 Å². The number of fused-ring (bicyclic) bond motifs is 2. The number of rotatable bonds is 2. The van der Waals surface area contributed by atoms with E-state index in [1.807, 2.05) is 0 Å². The van der Waals surface area contributed by atoms with E-state index in [9.17, 15) is 9.90 Å². The molecule has 2 amide bonds. The van der Waals surface area contributed by atoms with E-state index in [-0.39, 0.29) is 18.2 Å². The lowest BCUT2D eigenvalue weighted by Gasteiger charge is -2.30. The van der Waals surface area contributed by atoms with Crippen LogP contribution in [0.5, 0.6) is 0 Å². The van der Waals surface area contributed by atoms with Crippen molar-refractivity contribution in [1.82, 2.24) is 15.1 Å². The molecular weight excluding hydrogens is 264 g/mol. The number of aliphatic hydroxyl groups is 1. The van der Waals surface area contributed by atoms with Gasteiger partial charge in [-0.3, -0.25) is 5.32 Å². The third kappa shape index (κ3) is 2.01. The third-order valence-corrected chi connectivity index (χ3v) is 5.29. The third-order valence-electron chi connectivity index (χ3n) is 4.29. The van der Waals surface area contributed by atoms with Crippen molar-refractivity contribution in [2.45, 2.75) is 43.7 Å². The average Bonchev–Trinajstić information content (AvgIpc) is 2.83. The molecule has 2 saturated carbocycles. The van der Waals surface area contributed by atoms with E-state index in [2.05, 4.69) is 15.5 Å². The van der Waals surface area contributed by atoms with Gasteiger partial charge in [-0.15, -0.1) is 10.2 Å². The standard InChI is InChI=1S/C12H16N4O2S/c17-9-4-6-3-8(9)16(5-6)12(18)13-11-15-14-10(19-11)7-1-2-7/h6-9,17H,1-5H2,(H,13,15,18)/t6-,8+,9+/m0/s1. The number of aliphatic hydroxyl groups excluding tert-OH is 1. The molecule has 1 aromatic heterocycles. The number of anilines is 1. The largest absolute Gasteiger partial charge is 0.391 e. The van der Waals surface area contributed by atoms with Crippen LogP contribution in [-0.2, 0) is 0 Å². The van der Waals surface area contributed by atoms with E-state index < -0.39 is 0 Å². The van der Waals surface area contributed by atoms with Gasteiger partial charge in [0.15, 0.2) is 0 Å². The molecular formula is C12H16N4O2S. The van der Waals surface area contributed by atoms with Gasteiger partial charge in [0.05, 0.1) is 12.1 Å². The highest BCUT2D eigenvalue weighted by Crippen LogP contribution is 2.42. The van der Waals surface area contributed by atoms with Crippen LogP contribution in [0.2, 0.25) is 0 Å². The number of nitrogens with zero attached hydrogens (tertiary/aromatic N) is 3. The lowest BCUT2D eigenvalue weighted by Crippen LogP contribution is -2.46. The molecule has 0 radical (unpaired) electrons. The SMILES string of the molecule is O=C(Nc1nnc(C2CC2)s1)N1C[C@@H]2C[C@@H](O)[C@H]1C2. The number of piperidine rings is 1. The summed E-state index contributed by atoms with van der Waals surface area (Å²) in [6.45, 7) is 0.752. The number of nitrogens with one attached hydrogen (secondary N) is 1. The highest BCUT2D eigenvalue weighted by atomic mass is 32.1. The fourth-order valence-corrected chi connectivity index (χ4v) is 4.07. The molecule has 2 aliphatic carbocycles. The Labute approximate surface area is 114 Å². The highest BCUT2D eigenvalue weighted by molar-refractivity contribution is 7.15. The molecule has 1 aromatic rings. The Kier molecular flexibility index (Phi) is 2.53. The molecule has 2 bridgehead atoms. The van der Waals surface area contributed by atoms with E-state index in [1.165, 1.54) is 24.2 Å². The van der Waals surface area contributed by atoms with Crippen LogP contribution in [-0.4, -0.2) is 44.9 Å². The quantitative estimate of drug-likeness (QED) is 0.858. The normalized spacial score (nSPS) is 32.9. The van der Waals surface area contributed by atoms with Gasteiger partial charge in [-0.1, -0.05) is 11.3 Å². The minimum atomic E-state index is -0.360. The number of hydrogen-bond acceptors (Lipinski definition) is 5. The predicted molar refractivity (Wildman–Crippen MR) is 70.1 cm³/mol. The summed E-state index contributed by atoms with van der Waals surface area (Å²) in [7, 11) is 0. The van der Waals surface area contributed by atoms with Crippen LogP contribution in [0.4, 0.5) is 9.93 Å². The first-order chi connectivity index (χ1) is 9.20. The van der Waals surface area contributed by atoms with Gasteiger partial charge in [-0.05, 0) is 31.6 Å². The molecule has 0 spiro atoms. The minimum Gasteiger partial charge on any atom is -0.391 e. The topological polar surface area (TPSA) is 78.4 Å². The fraction of sp³-hybridized carbons (Fsp3) is 0.750. The molecule has 1 saturated heterocycles. The van der Waals surface area contributed by atoms with Crippen molar-refractivity contribution >= 4 is 22.5 Å². The van der Waals surface area contributed by atoms with Crippen molar-refractivity contribution in [3.8, 4) is 0 Å². The van der Waals surface area contributed by atoms with Crippen LogP contribution in [0.3, 0.4) is 0 Å². The Hall–Kier alpha value is -1.21. The number of hydrogen-bond donors (Lipinski definition) is 2. The summed E-state index contributed by atoms with van der Waals surface area (Å²) in [5.41, 5.74) is 0. The molecule has 7 heteroatoms. The second kappa shape index (κ2) is 4.14. The monoisotopic (exact) mass is 280 g/mol. The number of aromatic nitrogens is 2. The Bertz CT molecular complexity index is 516. The van der Waals surface area contributed by atoms with Gasteiger partial charge in [0.2, 0.25) is 5.13 Å². The van der Waals surface area contributed by atoms with Crippen LogP contribution in [0, 0.1) is 5.92 Å². The van der Waals surface area contributed by atoms with Gasteiger partial charge in [0.1, 0.15) is 5.01 Å². The summed E-state index contributed by atoms with van der Waals surface area (Å²) in [5.74, 6) is 1.02. The summed E-state index contributed by atoms with van der Waals surface area (Å²) in [5, 5.41) is 22.4. The van der Waals surface area contributed by atoms with E-state index in [0.717, 1.165) is 24.4 Å². The first kappa shape index (κ1) is 11.6. The molecule has 0 aromatic carbocycles. The van der Waals surface area contributed by atoms with Crippen molar-refractivity contribution in [1.29, 1.82) is 0 Å². The second-order valence-corrected chi connectivity index (χ2v) is 6.78. The maximum absolute atomic E-state index is 12.2. The number of carbonyl (C=O) groups excluding carboxylic acids is 1. The second-order valence-electron chi connectivity index (χ2n) is 5.77. The van der Waals surface area contributed by atoms with Crippen LogP contribution in [0.1, 0.15) is 36.6 Å². The van der Waals surface area contributed by atoms with Gasteiger partial charge < -0.3 is 10.0 Å². The van der Waals surface area contributed by atoms with Crippen LogP contribution >= 0.6 is 11.3 Å². The van der Waals surface area contributed by atoms with Crippen molar-refractivity contribution in [3.63, 3.8) is 0 Å². The molecule has 0 unspecified atom stereocenters. The predicted octanol–water partition coefficient (Wildman–Crippen LogP) is 1.40. The number of carbonyl (C=O) groups is 1. The Balaban J connectivity index is 1.43. The fourth-order valence-electron chi connectivity index (χ4n) is 3.17. The first-order valence-electron chi connectivity index (χ1n) is 6.80. The van der Waals surface area contributed by atoms with Crippen molar-refractivity contribution in [3.05, 3.63) is 5.01 Å². The molecule has 3 fully saturated rings. The Morgan fingerprint density at radius 1 is 1.37 bits per heavy atom.